The summed E-state index contributed by atoms with van der Waals surface area (Å²) in [6.07, 6.45) is 3.33. The Morgan fingerprint density at radius 2 is 2.10 bits per heavy atom. The molecule has 0 aliphatic carbocycles. The van der Waals surface area contributed by atoms with Gasteiger partial charge in [-0.2, -0.15) is 0 Å². The van der Waals surface area contributed by atoms with Crippen molar-refractivity contribution in [2.75, 3.05) is 13.2 Å². The molecule has 0 saturated carbocycles. The Bertz CT molecular complexity index is 66.3. The van der Waals surface area contributed by atoms with Crippen molar-refractivity contribution in [1.29, 1.82) is 0 Å². The first kappa shape index (κ1) is 10.2. The van der Waals surface area contributed by atoms with Gasteiger partial charge in [-0.15, -0.1) is 11.6 Å². The summed E-state index contributed by atoms with van der Waals surface area (Å²) >= 11 is 5.82. The second-order valence-corrected chi connectivity index (χ2v) is 3.05. The molecule has 1 atom stereocenters. The van der Waals surface area contributed by atoms with Crippen LogP contribution in [0.2, 0.25) is 0 Å². The molecule has 0 N–H and O–H groups in total. The Balaban J connectivity index is 2.89. The van der Waals surface area contributed by atoms with Gasteiger partial charge >= 0.3 is 0 Å². The molecular formula is C8H17ClO. The summed E-state index contributed by atoms with van der Waals surface area (Å²) in [7, 11) is 0. The van der Waals surface area contributed by atoms with Crippen molar-refractivity contribution < 1.29 is 4.74 Å². The Morgan fingerprint density at radius 1 is 1.40 bits per heavy atom. The average molecular weight is 165 g/mol. The molecule has 0 rings (SSSR count). The van der Waals surface area contributed by atoms with Crippen LogP contribution in [-0.4, -0.2) is 18.6 Å². The van der Waals surface area contributed by atoms with Gasteiger partial charge in [0.1, 0.15) is 0 Å². The Kier molecular flexibility index (Phi) is 7.54. The Hall–Kier alpha value is 0.250. The highest BCUT2D eigenvalue weighted by Gasteiger charge is 1.98. The highest BCUT2D eigenvalue weighted by molar-refractivity contribution is 6.20. The average Bonchev–Trinajstić information content (AvgIpc) is 1.98. The molecule has 0 spiro atoms. The van der Waals surface area contributed by atoms with E-state index in [1.54, 1.807) is 0 Å². The number of ether oxygens (including phenoxy) is 1. The fourth-order valence-electron chi connectivity index (χ4n) is 0.575. The highest BCUT2D eigenvalue weighted by atomic mass is 35.5. The van der Waals surface area contributed by atoms with Crippen LogP contribution in [0.15, 0.2) is 0 Å². The molecule has 0 aromatic carbocycles. The molecule has 0 aliphatic heterocycles. The first-order valence-corrected chi connectivity index (χ1v) is 4.46. The molecule has 0 amide bonds. The Labute approximate surface area is 68.7 Å². The molecular weight excluding hydrogens is 148 g/mol. The lowest BCUT2D eigenvalue weighted by Gasteiger charge is -2.06. The summed E-state index contributed by atoms with van der Waals surface area (Å²) in [6.45, 7) is 5.79. The molecule has 1 nitrogen and oxygen atoms in total. The zero-order valence-corrected chi connectivity index (χ0v) is 7.66. The van der Waals surface area contributed by atoms with Crippen LogP contribution in [0.5, 0.6) is 0 Å². The first-order valence-electron chi connectivity index (χ1n) is 4.03. The predicted octanol–water partition coefficient (Wildman–Crippen LogP) is 2.82. The van der Waals surface area contributed by atoms with Gasteiger partial charge in [-0.3, -0.25) is 0 Å². The van der Waals surface area contributed by atoms with Gasteiger partial charge in [0.15, 0.2) is 0 Å². The fourth-order valence-corrected chi connectivity index (χ4v) is 0.665. The minimum Gasteiger partial charge on any atom is -0.380 e. The van der Waals surface area contributed by atoms with Gasteiger partial charge in [0, 0.05) is 6.61 Å². The monoisotopic (exact) mass is 164 g/mol. The van der Waals surface area contributed by atoms with E-state index in [-0.39, 0.29) is 5.38 Å². The van der Waals surface area contributed by atoms with Crippen LogP contribution in [0, 0.1) is 0 Å². The SMILES string of the molecule is CCCCOCC(Cl)CC. The number of hydrogen-bond acceptors (Lipinski definition) is 1. The van der Waals surface area contributed by atoms with Crippen molar-refractivity contribution in [3.05, 3.63) is 0 Å². The van der Waals surface area contributed by atoms with Gasteiger partial charge in [-0.05, 0) is 12.8 Å². The van der Waals surface area contributed by atoms with E-state index < -0.39 is 0 Å². The van der Waals surface area contributed by atoms with Gasteiger partial charge in [-0.25, -0.2) is 0 Å². The molecule has 62 valence electrons. The quantitative estimate of drug-likeness (QED) is 0.434. The van der Waals surface area contributed by atoms with Crippen molar-refractivity contribution in [2.24, 2.45) is 0 Å². The van der Waals surface area contributed by atoms with Crippen molar-refractivity contribution >= 4 is 11.6 Å². The topological polar surface area (TPSA) is 9.23 Å². The summed E-state index contributed by atoms with van der Waals surface area (Å²) in [5.74, 6) is 0. The zero-order chi connectivity index (χ0) is 7.82. The summed E-state index contributed by atoms with van der Waals surface area (Å²) in [5.41, 5.74) is 0. The standard InChI is InChI=1S/C8H17ClO/c1-3-5-6-10-7-8(9)4-2/h8H,3-7H2,1-2H3. The molecule has 0 saturated heterocycles. The molecule has 0 radical (unpaired) electrons. The van der Waals surface area contributed by atoms with Gasteiger partial charge in [0.25, 0.3) is 0 Å². The number of rotatable bonds is 6. The minimum atomic E-state index is 0.205. The summed E-state index contributed by atoms with van der Waals surface area (Å²) in [6, 6.07) is 0. The molecule has 2 heteroatoms. The summed E-state index contributed by atoms with van der Waals surface area (Å²) in [4.78, 5) is 0. The normalized spacial score (nSPS) is 13.5. The highest BCUT2D eigenvalue weighted by Crippen LogP contribution is 2.01. The van der Waals surface area contributed by atoms with Crippen molar-refractivity contribution in [2.45, 2.75) is 38.5 Å². The first-order chi connectivity index (χ1) is 4.81. The van der Waals surface area contributed by atoms with Crippen LogP contribution in [0.25, 0.3) is 0 Å². The number of hydrogen-bond donors (Lipinski definition) is 0. The third-order valence-corrected chi connectivity index (χ3v) is 1.82. The van der Waals surface area contributed by atoms with Gasteiger partial charge in [0.2, 0.25) is 0 Å². The van der Waals surface area contributed by atoms with Gasteiger partial charge in [0.05, 0.1) is 12.0 Å². The number of halogens is 1. The van der Waals surface area contributed by atoms with Crippen LogP contribution in [0.1, 0.15) is 33.1 Å². The van der Waals surface area contributed by atoms with E-state index in [9.17, 15) is 0 Å². The van der Waals surface area contributed by atoms with Gasteiger partial charge in [-0.1, -0.05) is 20.3 Å². The molecule has 0 bridgehead atoms. The van der Waals surface area contributed by atoms with E-state index in [4.69, 9.17) is 16.3 Å². The molecule has 0 aliphatic rings. The zero-order valence-electron chi connectivity index (χ0n) is 6.90. The molecule has 1 unspecified atom stereocenters. The predicted molar refractivity (Wildman–Crippen MR) is 45.7 cm³/mol. The molecule has 0 fully saturated rings. The molecule has 10 heavy (non-hydrogen) atoms. The lowest BCUT2D eigenvalue weighted by molar-refractivity contribution is 0.130. The third kappa shape index (κ3) is 6.37. The van der Waals surface area contributed by atoms with Crippen LogP contribution < -0.4 is 0 Å². The molecule has 0 heterocycles. The fraction of sp³-hybridized carbons (Fsp3) is 1.00. The van der Waals surface area contributed by atoms with Crippen LogP contribution in [-0.2, 0) is 4.74 Å². The van der Waals surface area contributed by atoms with E-state index in [0.717, 1.165) is 19.4 Å². The van der Waals surface area contributed by atoms with E-state index in [1.807, 2.05) is 0 Å². The van der Waals surface area contributed by atoms with Crippen LogP contribution in [0.4, 0.5) is 0 Å². The van der Waals surface area contributed by atoms with E-state index in [2.05, 4.69) is 13.8 Å². The lowest BCUT2D eigenvalue weighted by Crippen LogP contribution is -2.08. The lowest BCUT2D eigenvalue weighted by atomic mass is 10.3. The second kappa shape index (κ2) is 7.36. The van der Waals surface area contributed by atoms with Crippen molar-refractivity contribution in [3.8, 4) is 0 Å². The van der Waals surface area contributed by atoms with Gasteiger partial charge < -0.3 is 4.74 Å². The maximum Gasteiger partial charge on any atom is 0.0630 e. The van der Waals surface area contributed by atoms with E-state index >= 15 is 0 Å². The maximum atomic E-state index is 5.82. The second-order valence-electron chi connectivity index (χ2n) is 2.43. The van der Waals surface area contributed by atoms with Crippen LogP contribution in [0.3, 0.4) is 0 Å². The molecule has 0 aromatic heterocycles. The van der Waals surface area contributed by atoms with Crippen LogP contribution >= 0.6 is 11.6 Å². The third-order valence-electron chi connectivity index (χ3n) is 1.38. The largest absolute Gasteiger partial charge is 0.380 e. The van der Waals surface area contributed by atoms with E-state index in [0.29, 0.717) is 6.61 Å². The summed E-state index contributed by atoms with van der Waals surface area (Å²) in [5, 5.41) is 0.205. The van der Waals surface area contributed by atoms with E-state index in [1.165, 1.54) is 6.42 Å². The Morgan fingerprint density at radius 3 is 2.60 bits per heavy atom. The smallest absolute Gasteiger partial charge is 0.0630 e. The van der Waals surface area contributed by atoms with Crippen molar-refractivity contribution in [3.63, 3.8) is 0 Å². The number of unbranched alkanes of at least 4 members (excludes halogenated alkanes) is 1. The molecule has 0 aromatic rings. The minimum absolute atomic E-state index is 0.205. The summed E-state index contributed by atoms with van der Waals surface area (Å²) < 4.78 is 5.29. The number of alkyl halides is 1. The maximum absolute atomic E-state index is 5.82. The van der Waals surface area contributed by atoms with Crippen molar-refractivity contribution in [1.82, 2.24) is 0 Å².